The van der Waals surface area contributed by atoms with Crippen LogP contribution >= 0.6 is 0 Å². The van der Waals surface area contributed by atoms with Gasteiger partial charge in [0.15, 0.2) is 5.76 Å². The topological polar surface area (TPSA) is 57.1 Å². The van der Waals surface area contributed by atoms with E-state index < -0.39 is 0 Å². The Morgan fingerprint density at radius 2 is 2.12 bits per heavy atom. The van der Waals surface area contributed by atoms with E-state index in [9.17, 15) is 0 Å². The summed E-state index contributed by atoms with van der Waals surface area (Å²) < 4.78 is 5.71. The summed E-state index contributed by atoms with van der Waals surface area (Å²) >= 11 is 0. The Labute approximate surface area is 148 Å². The van der Waals surface area contributed by atoms with Gasteiger partial charge in [-0.2, -0.15) is 5.10 Å². The fraction of sp³-hybridized carbons (Fsp3) is 0.350. The lowest BCUT2D eigenvalue weighted by Crippen LogP contribution is -2.26. The van der Waals surface area contributed by atoms with Crippen molar-refractivity contribution in [1.29, 1.82) is 0 Å². The number of aromatic nitrogens is 2. The van der Waals surface area contributed by atoms with Crippen LogP contribution in [0.5, 0.6) is 0 Å². The molecule has 1 fully saturated rings. The highest BCUT2D eigenvalue weighted by Crippen LogP contribution is 2.25. The molecule has 5 nitrogen and oxygen atoms in total. The van der Waals surface area contributed by atoms with Crippen LogP contribution in [0.15, 0.2) is 53.1 Å². The molecular weight excluding hydrogens is 312 g/mol. The summed E-state index contributed by atoms with van der Waals surface area (Å²) in [6.45, 7) is 6.03. The van der Waals surface area contributed by atoms with Crippen LogP contribution in [-0.2, 0) is 6.54 Å². The normalized spacial score (nSPS) is 17.3. The molecule has 1 aromatic carbocycles. The van der Waals surface area contributed by atoms with Crippen LogP contribution in [0.3, 0.4) is 0 Å². The Kier molecular flexibility index (Phi) is 4.57. The molecule has 0 spiro atoms. The van der Waals surface area contributed by atoms with Crippen molar-refractivity contribution in [2.75, 3.05) is 24.5 Å². The Bertz CT molecular complexity index is 808. The number of furan rings is 1. The monoisotopic (exact) mass is 336 g/mol. The largest absolute Gasteiger partial charge is 0.460 e. The number of H-pyrrole nitrogens is 1. The number of benzene rings is 1. The molecule has 0 bridgehead atoms. The van der Waals surface area contributed by atoms with E-state index in [0.29, 0.717) is 5.92 Å². The van der Waals surface area contributed by atoms with Gasteiger partial charge in [-0.15, -0.1) is 0 Å². The van der Waals surface area contributed by atoms with Crippen LogP contribution in [0.25, 0.3) is 11.5 Å². The maximum absolute atomic E-state index is 5.71. The Balaban J connectivity index is 1.30. The van der Waals surface area contributed by atoms with Gasteiger partial charge in [0.1, 0.15) is 11.5 Å². The summed E-state index contributed by atoms with van der Waals surface area (Å²) in [5, 5.41) is 10.8. The van der Waals surface area contributed by atoms with Crippen molar-refractivity contribution in [3.63, 3.8) is 0 Å². The van der Waals surface area contributed by atoms with Gasteiger partial charge in [0, 0.05) is 37.4 Å². The van der Waals surface area contributed by atoms with Crippen LogP contribution < -0.4 is 10.2 Å². The highest BCUT2D eigenvalue weighted by molar-refractivity contribution is 5.56. The second kappa shape index (κ2) is 7.15. The number of aromatic amines is 1. The molecule has 0 amide bonds. The van der Waals surface area contributed by atoms with Crippen LogP contribution in [0, 0.1) is 12.8 Å². The molecule has 1 unspecified atom stereocenters. The molecule has 25 heavy (non-hydrogen) atoms. The molecule has 1 aliphatic heterocycles. The summed E-state index contributed by atoms with van der Waals surface area (Å²) in [6.07, 6.45) is 3.11. The number of aryl methyl sites for hydroxylation is 1. The zero-order chi connectivity index (χ0) is 17.1. The average molecular weight is 336 g/mol. The molecule has 0 aliphatic carbocycles. The third-order valence-electron chi connectivity index (χ3n) is 4.86. The molecule has 1 saturated heterocycles. The molecule has 1 atom stereocenters. The van der Waals surface area contributed by atoms with Crippen LogP contribution in [0.4, 0.5) is 5.69 Å². The number of nitrogens with one attached hydrogen (secondary N) is 2. The van der Waals surface area contributed by atoms with E-state index in [1.54, 1.807) is 0 Å². The van der Waals surface area contributed by atoms with Gasteiger partial charge in [-0.1, -0.05) is 18.2 Å². The van der Waals surface area contributed by atoms with Crippen molar-refractivity contribution in [3.8, 4) is 11.5 Å². The lowest BCUT2D eigenvalue weighted by Gasteiger charge is -2.18. The van der Waals surface area contributed by atoms with E-state index >= 15 is 0 Å². The van der Waals surface area contributed by atoms with Crippen LogP contribution in [0.2, 0.25) is 0 Å². The maximum atomic E-state index is 5.71. The molecule has 130 valence electrons. The van der Waals surface area contributed by atoms with Crippen molar-refractivity contribution < 1.29 is 4.42 Å². The van der Waals surface area contributed by atoms with E-state index in [2.05, 4.69) is 50.7 Å². The Morgan fingerprint density at radius 1 is 1.24 bits per heavy atom. The molecule has 1 aliphatic rings. The minimum absolute atomic E-state index is 0.682. The second-order valence-corrected chi connectivity index (χ2v) is 6.75. The van der Waals surface area contributed by atoms with E-state index in [0.717, 1.165) is 49.0 Å². The lowest BCUT2D eigenvalue weighted by molar-refractivity contribution is 0.515. The van der Waals surface area contributed by atoms with Gasteiger partial charge in [0.2, 0.25) is 0 Å². The standard InChI is InChI=1S/C20H24N4O/c1-15-7-8-19(25-15)20-17(13-22-23-20)12-21-11-16-9-10-24(14-16)18-5-3-2-4-6-18/h2-8,13,16,21H,9-12,14H2,1H3,(H,22,23). The summed E-state index contributed by atoms with van der Waals surface area (Å²) in [6, 6.07) is 14.6. The van der Waals surface area contributed by atoms with Gasteiger partial charge >= 0.3 is 0 Å². The van der Waals surface area contributed by atoms with Crippen molar-refractivity contribution in [3.05, 3.63) is 60.0 Å². The predicted octanol–water partition coefficient (Wildman–Crippen LogP) is 3.59. The smallest absolute Gasteiger partial charge is 0.152 e. The van der Waals surface area contributed by atoms with E-state index in [-0.39, 0.29) is 0 Å². The van der Waals surface area contributed by atoms with Gasteiger partial charge < -0.3 is 14.6 Å². The van der Waals surface area contributed by atoms with Gasteiger partial charge in [0.05, 0.1) is 6.20 Å². The Morgan fingerprint density at radius 3 is 2.92 bits per heavy atom. The van der Waals surface area contributed by atoms with E-state index in [1.807, 2.05) is 25.3 Å². The number of hydrogen-bond acceptors (Lipinski definition) is 4. The number of anilines is 1. The lowest BCUT2D eigenvalue weighted by atomic mass is 10.1. The van der Waals surface area contributed by atoms with Crippen LogP contribution in [0.1, 0.15) is 17.7 Å². The van der Waals surface area contributed by atoms with Crippen molar-refractivity contribution in [2.24, 2.45) is 5.92 Å². The maximum Gasteiger partial charge on any atom is 0.152 e. The van der Waals surface area contributed by atoms with Crippen LogP contribution in [-0.4, -0.2) is 29.8 Å². The first kappa shape index (κ1) is 16.0. The highest BCUT2D eigenvalue weighted by Gasteiger charge is 2.22. The zero-order valence-electron chi connectivity index (χ0n) is 14.5. The fourth-order valence-electron chi connectivity index (χ4n) is 3.51. The zero-order valence-corrected chi connectivity index (χ0v) is 14.5. The highest BCUT2D eigenvalue weighted by atomic mass is 16.3. The third-order valence-corrected chi connectivity index (χ3v) is 4.86. The van der Waals surface area contributed by atoms with Gasteiger partial charge in [-0.25, -0.2) is 0 Å². The summed E-state index contributed by atoms with van der Waals surface area (Å²) in [4.78, 5) is 2.47. The first-order valence-corrected chi connectivity index (χ1v) is 8.89. The minimum atomic E-state index is 0.682. The average Bonchev–Trinajstić information content (AvgIpc) is 3.36. The molecule has 3 heterocycles. The van der Waals surface area contributed by atoms with Gasteiger partial charge in [0.25, 0.3) is 0 Å². The van der Waals surface area contributed by atoms with Crippen molar-refractivity contribution >= 4 is 5.69 Å². The quantitative estimate of drug-likeness (QED) is 0.722. The number of nitrogens with zero attached hydrogens (tertiary/aromatic N) is 2. The fourth-order valence-corrected chi connectivity index (χ4v) is 3.51. The summed E-state index contributed by atoms with van der Waals surface area (Å²) in [5.74, 6) is 2.44. The Hall–Kier alpha value is -2.53. The number of rotatable bonds is 6. The summed E-state index contributed by atoms with van der Waals surface area (Å²) in [7, 11) is 0. The van der Waals surface area contributed by atoms with E-state index in [4.69, 9.17) is 4.42 Å². The van der Waals surface area contributed by atoms with E-state index in [1.165, 1.54) is 12.1 Å². The summed E-state index contributed by atoms with van der Waals surface area (Å²) in [5.41, 5.74) is 3.44. The third kappa shape index (κ3) is 3.61. The molecule has 4 rings (SSSR count). The molecule has 2 N–H and O–H groups in total. The molecule has 2 aromatic heterocycles. The van der Waals surface area contributed by atoms with Crippen molar-refractivity contribution in [2.45, 2.75) is 19.9 Å². The SMILES string of the molecule is Cc1ccc(-c2[nH]ncc2CNCC2CCN(c3ccccc3)C2)o1. The molecule has 0 saturated carbocycles. The first-order valence-electron chi connectivity index (χ1n) is 8.89. The second-order valence-electron chi connectivity index (χ2n) is 6.75. The van der Waals surface area contributed by atoms with Gasteiger partial charge in [-0.05, 0) is 43.5 Å². The number of hydrogen-bond donors (Lipinski definition) is 2. The van der Waals surface area contributed by atoms with Crippen molar-refractivity contribution in [1.82, 2.24) is 15.5 Å². The molecule has 3 aromatic rings. The van der Waals surface area contributed by atoms with Gasteiger partial charge in [-0.3, -0.25) is 5.10 Å². The molecular formula is C20H24N4O. The minimum Gasteiger partial charge on any atom is -0.460 e. The number of para-hydroxylation sites is 1. The predicted molar refractivity (Wildman–Crippen MR) is 99.5 cm³/mol. The molecule has 5 heteroatoms. The molecule has 0 radical (unpaired) electrons. The first-order chi connectivity index (χ1) is 12.3.